The number of benzene rings is 2. The molecule has 0 aromatic heterocycles. The second kappa shape index (κ2) is 7.85. The van der Waals surface area contributed by atoms with Crippen LogP contribution in [-0.4, -0.2) is 30.6 Å². The van der Waals surface area contributed by atoms with Crippen LogP contribution in [-0.2, 0) is 9.53 Å². The zero-order valence-electron chi connectivity index (χ0n) is 17.6. The maximum atomic E-state index is 13.5. The Morgan fingerprint density at radius 3 is 2.56 bits per heavy atom. The molecular formula is C24H23F2NO5. The molecule has 1 saturated carbocycles. The van der Waals surface area contributed by atoms with Gasteiger partial charge in [0.25, 0.3) is 0 Å². The van der Waals surface area contributed by atoms with Crippen molar-refractivity contribution < 1.29 is 32.6 Å². The molecule has 2 atom stereocenters. The van der Waals surface area contributed by atoms with Crippen LogP contribution in [0.1, 0.15) is 54.6 Å². The fourth-order valence-corrected chi connectivity index (χ4v) is 4.34. The van der Waals surface area contributed by atoms with Crippen LogP contribution in [0, 0.1) is 5.92 Å². The van der Waals surface area contributed by atoms with Crippen molar-refractivity contribution >= 4 is 17.4 Å². The molecule has 2 fully saturated rings. The number of fused-ring (bicyclic) bond motifs is 1. The van der Waals surface area contributed by atoms with Gasteiger partial charge in [-0.1, -0.05) is 18.2 Å². The van der Waals surface area contributed by atoms with Gasteiger partial charge in [0.2, 0.25) is 5.91 Å². The SMILES string of the molecule is CC(=O)c1cccc([C@H]2C[C@@H](N(C(=O)C3CC3)c3ccc4c(c3)OC(F)(F)O4)CCO2)c1. The van der Waals surface area contributed by atoms with Gasteiger partial charge >= 0.3 is 6.29 Å². The maximum Gasteiger partial charge on any atom is 0.586 e. The number of alkyl halides is 2. The molecule has 3 aliphatic rings. The minimum atomic E-state index is -3.71. The van der Waals surface area contributed by atoms with E-state index in [0.29, 0.717) is 30.7 Å². The van der Waals surface area contributed by atoms with Crippen molar-refractivity contribution in [3.8, 4) is 11.5 Å². The average molecular weight is 443 g/mol. The molecule has 1 amide bonds. The lowest BCUT2D eigenvalue weighted by molar-refractivity contribution is -0.286. The van der Waals surface area contributed by atoms with Gasteiger partial charge in [0.1, 0.15) is 0 Å². The van der Waals surface area contributed by atoms with E-state index in [9.17, 15) is 18.4 Å². The zero-order valence-corrected chi connectivity index (χ0v) is 17.6. The highest BCUT2D eigenvalue weighted by atomic mass is 19.3. The predicted molar refractivity (Wildman–Crippen MR) is 111 cm³/mol. The van der Waals surface area contributed by atoms with Gasteiger partial charge in [-0.3, -0.25) is 9.59 Å². The number of carbonyl (C=O) groups is 2. The Labute approximate surface area is 184 Å². The molecule has 32 heavy (non-hydrogen) atoms. The van der Waals surface area contributed by atoms with E-state index in [-0.39, 0.29) is 41.3 Å². The minimum Gasteiger partial charge on any atom is -0.395 e. The van der Waals surface area contributed by atoms with E-state index >= 15 is 0 Å². The van der Waals surface area contributed by atoms with E-state index in [0.717, 1.165) is 18.4 Å². The van der Waals surface area contributed by atoms with Crippen molar-refractivity contribution in [2.75, 3.05) is 11.5 Å². The number of nitrogens with zero attached hydrogens (tertiary/aromatic N) is 1. The molecule has 168 valence electrons. The van der Waals surface area contributed by atoms with E-state index in [1.54, 1.807) is 17.0 Å². The van der Waals surface area contributed by atoms with Crippen LogP contribution in [0.25, 0.3) is 0 Å². The van der Waals surface area contributed by atoms with Gasteiger partial charge < -0.3 is 19.1 Å². The summed E-state index contributed by atoms with van der Waals surface area (Å²) >= 11 is 0. The molecule has 0 bridgehead atoms. The second-order valence-corrected chi connectivity index (χ2v) is 8.50. The first-order valence-corrected chi connectivity index (χ1v) is 10.8. The fourth-order valence-electron chi connectivity index (χ4n) is 4.34. The van der Waals surface area contributed by atoms with Gasteiger partial charge in [-0.25, -0.2) is 0 Å². The lowest BCUT2D eigenvalue weighted by Gasteiger charge is -2.38. The number of hydrogen-bond donors (Lipinski definition) is 0. The lowest BCUT2D eigenvalue weighted by Crippen LogP contribution is -2.45. The van der Waals surface area contributed by atoms with Crippen molar-refractivity contribution in [2.24, 2.45) is 5.92 Å². The number of rotatable bonds is 5. The number of ketones is 1. The lowest BCUT2D eigenvalue weighted by atomic mass is 9.94. The van der Waals surface area contributed by atoms with Crippen molar-refractivity contribution in [3.05, 3.63) is 53.6 Å². The van der Waals surface area contributed by atoms with Crippen molar-refractivity contribution in [2.45, 2.75) is 51.0 Å². The number of hydrogen-bond acceptors (Lipinski definition) is 5. The molecule has 1 saturated heterocycles. The van der Waals surface area contributed by atoms with Gasteiger partial charge in [-0.2, -0.15) is 0 Å². The summed E-state index contributed by atoms with van der Waals surface area (Å²) in [4.78, 5) is 26.7. The quantitative estimate of drug-likeness (QED) is 0.617. The summed E-state index contributed by atoms with van der Waals surface area (Å²) in [6.45, 7) is 1.96. The number of carbonyl (C=O) groups excluding carboxylic acids is 2. The normalized spacial score (nSPS) is 23.6. The van der Waals surface area contributed by atoms with E-state index in [4.69, 9.17) is 4.74 Å². The summed E-state index contributed by atoms with van der Waals surface area (Å²) in [7, 11) is 0. The Balaban J connectivity index is 1.43. The standard InChI is InChI=1S/C24H23F2NO5/c1-14(28)16-3-2-4-17(11-16)21-12-19(9-10-30-21)27(23(29)15-5-6-15)18-7-8-20-22(13-18)32-24(25,26)31-20/h2-4,7-8,11,13,15,19,21H,5-6,9-10,12H2,1H3/t19-,21+/m0/s1. The summed E-state index contributed by atoms with van der Waals surface area (Å²) < 4.78 is 42.0. The van der Waals surface area contributed by atoms with E-state index in [1.165, 1.54) is 19.1 Å². The molecule has 0 N–H and O–H groups in total. The summed E-state index contributed by atoms with van der Waals surface area (Å²) in [5.41, 5.74) is 1.99. The largest absolute Gasteiger partial charge is 0.586 e. The van der Waals surface area contributed by atoms with Crippen molar-refractivity contribution in [1.82, 2.24) is 0 Å². The first kappa shape index (κ1) is 20.9. The topological polar surface area (TPSA) is 65.1 Å². The molecule has 2 heterocycles. The summed E-state index contributed by atoms with van der Waals surface area (Å²) in [6, 6.07) is 11.6. The number of halogens is 2. The molecule has 5 rings (SSSR count). The van der Waals surface area contributed by atoms with Crippen LogP contribution in [0.2, 0.25) is 0 Å². The van der Waals surface area contributed by atoms with Gasteiger partial charge in [0.05, 0.1) is 6.10 Å². The van der Waals surface area contributed by atoms with Gasteiger partial charge in [-0.05, 0) is 56.4 Å². The summed E-state index contributed by atoms with van der Waals surface area (Å²) in [5, 5.41) is 0. The van der Waals surface area contributed by atoms with Crippen LogP contribution in [0.4, 0.5) is 14.5 Å². The molecule has 2 aliphatic heterocycles. The highest BCUT2D eigenvalue weighted by molar-refractivity contribution is 5.97. The third kappa shape index (κ3) is 4.07. The molecular weight excluding hydrogens is 420 g/mol. The third-order valence-electron chi connectivity index (χ3n) is 6.11. The number of Topliss-reactive ketones (excluding diaryl/α,β-unsaturated/α-hetero) is 1. The molecule has 8 heteroatoms. The maximum absolute atomic E-state index is 13.5. The Kier molecular flexibility index (Phi) is 5.12. The van der Waals surface area contributed by atoms with Crippen LogP contribution < -0.4 is 14.4 Å². The highest BCUT2D eigenvalue weighted by Crippen LogP contribution is 2.45. The van der Waals surface area contributed by atoms with Crippen LogP contribution in [0.3, 0.4) is 0 Å². The average Bonchev–Trinajstić information content (AvgIpc) is 3.56. The Morgan fingerprint density at radius 2 is 1.81 bits per heavy atom. The first-order chi connectivity index (χ1) is 15.3. The fraction of sp³-hybridized carbons (Fsp3) is 0.417. The Morgan fingerprint density at radius 1 is 1.03 bits per heavy atom. The third-order valence-corrected chi connectivity index (χ3v) is 6.11. The van der Waals surface area contributed by atoms with Gasteiger partial charge in [0, 0.05) is 35.9 Å². The zero-order chi connectivity index (χ0) is 22.5. The number of amides is 1. The van der Waals surface area contributed by atoms with Crippen molar-refractivity contribution in [3.63, 3.8) is 0 Å². The Hall–Kier alpha value is -3.00. The predicted octanol–water partition coefficient (Wildman–Crippen LogP) is 4.87. The smallest absolute Gasteiger partial charge is 0.395 e. The van der Waals surface area contributed by atoms with Crippen LogP contribution >= 0.6 is 0 Å². The first-order valence-electron chi connectivity index (χ1n) is 10.8. The van der Waals surface area contributed by atoms with Crippen LogP contribution in [0.15, 0.2) is 42.5 Å². The van der Waals surface area contributed by atoms with Gasteiger partial charge in [-0.15, -0.1) is 8.78 Å². The summed E-state index contributed by atoms with van der Waals surface area (Å²) in [5.74, 6) is -0.229. The minimum absolute atomic E-state index is 0.0150. The van der Waals surface area contributed by atoms with Crippen molar-refractivity contribution in [1.29, 1.82) is 0 Å². The molecule has 2 aromatic rings. The monoisotopic (exact) mass is 443 g/mol. The molecule has 2 aromatic carbocycles. The molecule has 6 nitrogen and oxygen atoms in total. The molecule has 1 aliphatic carbocycles. The molecule has 0 radical (unpaired) electrons. The summed E-state index contributed by atoms with van der Waals surface area (Å²) in [6.07, 6.45) is -1.19. The second-order valence-electron chi connectivity index (χ2n) is 8.50. The highest BCUT2D eigenvalue weighted by Gasteiger charge is 2.45. The van der Waals surface area contributed by atoms with Crippen LogP contribution in [0.5, 0.6) is 11.5 Å². The van der Waals surface area contributed by atoms with Gasteiger partial charge in [0.15, 0.2) is 17.3 Å². The molecule has 0 unspecified atom stereocenters. The number of anilines is 1. The van der Waals surface area contributed by atoms with E-state index in [1.807, 2.05) is 18.2 Å². The molecule has 0 spiro atoms. The number of ether oxygens (including phenoxy) is 3. The van der Waals surface area contributed by atoms with E-state index in [2.05, 4.69) is 9.47 Å². The van der Waals surface area contributed by atoms with E-state index < -0.39 is 6.29 Å². The Bertz CT molecular complexity index is 1070.